The third kappa shape index (κ3) is 4.78. The van der Waals surface area contributed by atoms with Gasteiger partial charge in [-0.25, -0.2) is 0 Å². The molecule has 0 radical (unpaired) electrons. The molecule has 1 aliphatic rings. The molecule has 0 aromatic carbocycles. The zero-order chi connectivity index (χ0) is 13.5. The molecule has 0 N–H and O–H groups in total. The van der Waals surface area contributed by atoms with Crippen LogP contribution in [0.1, 0.15) is 86.0 Å². The fourth-order valence-electron chi connectivity index (χ4n) is 3.75. The second-order valence-corrected chi connectivity index (χ2v) is 6.89. The van der Waals surface area contributed by atoms with Crippen LogP contribution in [0.3, 0.4) is 0 Å². The minimum atomic E-state index is 0.758. The van der Waals surface area contributed by atoms with Crippen LogP contribution in [-0.4, -0.2) is 0 Å². The summed E-state index contributed by atoms with van der Waals surface area (Å²) in [6.07, 6.45) is 11.2. The van der Waals surface area contributed by atoms with Crippen molar-refractivity contribution < 1.29 is 0 Å². The highest BCUT2D eigenvalue weighted by Crippen LogP contribution is 2.37. The minimum Gasteiger partial charge on any atom is -0.0705 e. The summed E-state index contributed by atoms with van der Waals surface area (Å²) < 4.78 is 0. The molecule has 1 fully saturated rings. The van der Waals surface area contributed by atoms with Crippen LogP contribution in [0, 0.1) is 17.8 Å². The highest BCUT2D eigenvalue weighted by molar-refractivity contribution is 5.20. The zero-order valence-corrected chi connectivity index (χ0v) is 13.4. The number of rotatable bonds is 6. The van der Waals surface area contributed by atoms with Gasteiger partial charge in [0.05, 0.1) is 0 Å². The summed E-state index contributed by atoms with van der Waals surface area (Å²) in [5.41, 5.74) is 3.70. The lowest BCUT2D eigenvalue weighted by Gasteiger charge is -2.30. The summed E-state index contributed by atoms with van der Waals surface area (Å²) in [6, 6.07) is 0. The lowest BCUT2D eigenvalue weighted by molar-refractivity contribution is 0.395. The summed E-state index contributed by atoms with van der Waals surface area (Å²) >= 11 is 0. The Morgan fingerprint density at radius 1 is 1.00 bits per heavy atom. The van der Waals surface area contributed by atoms with Crippen molar-refractivity contribution in [1.29, 1.82) is 0 Å². The first-order valence-corrected chi connectivity index (χ1v) is 8.28. The van der Waals surface area contributed by atoms with E-state index in [0.717, 1.165) is 17.8 Å². The van der Waals surface area contributed by atoms with E-state index >= 15 is 0 Å². The predicted octanol–water partition coefficient (Wildman–Crippen LogP) is 6.37. The normalized spacial score (nSPS) is 18.5. The number of allylic oxidation sites excluding steroid dienone is 2. The Balaban J connectivity index is 2.91. The monoisotopic (exact) mass is 250 g/mol. The fourth-order valence-corrected chi connectivity index (χ4v) is 3.75. The molecular weight excluding hydrogens is 216 g/mol. The van der Waals surface area contributed by atoms with E-state index in [2.05, 4.69) is 34.6 Å². The van der Waals surface area contributed by atoms with Crippen LogP contribution in [0.4, 0.5) is 0 Å². The molecule has 106 valence electrons. The van der Waals surface area contributed by atoms with Crippen molar-refractivity contribution in [3.63, 3.8) is 0 Å². The molecule has 0 bridgehead atoms. The summed E-state index contributed by atoms with van der Waals surface area (Å²) in [5.74, 6) is 2.45. The molecule has 0 aromatic rings. The van der Waals surface area contributed by atoms with Gasteiger partial charge in [-0.2, -0.15) is 0 Å². The van der Waals surface area contributed by atoms with Crippen molar-refractivity contribution >= 4 is 0 Å². The van der Waals surface area contributed by atoms with Gasteiger partial charge < -0.3 is 0 Å². The molecule has 0 spiro atoms. The van der Waals surface area contributed by atoms with E-state index in [-0.39, 0.29) is 0 Å². The van der Waals surface area contributed by atoms with E-state index in [0.29, 0.717) is 0 Å². The topological polar surface area (TPSA) is 0 Å². The van der Waals surface area contributed by atoms with E-state index < -0.39 is 0 Å². The molecule has 0 aromatic heterocycles. The Labute approximate surface area is 115 Å². The molecule has 1 rings (SSSR count). The molecule has 0 heterocycles. The van der Waals surface area contributed by atoms with Crippen molar-refractivity contribution in [3.05, 3.63) is 11.1 Å². The van der Waals surface area contributed by atoms with Crippen LogP contribution < -0.4 is 0 Å². The first kappa shape index (κ1) is 15.8. The molecule has 18 heavy (non-hydrogen) atoms. The van der Waals surface area contributed by atoms with Crippen LogP contribution in [0.15, 0.2) is 11.1 Å². The molecule has 0 nitrogen and oxygen atoms in total. The third-order valence-corrected chi connectivity index (χ3v) is 4.32. The van der Waals surface area contributed by atoms with Crippen molar-refractivity contribution in [2.75, 3.05) is 0 Å². The van der Waals surface area contributed by atoms with Gasteiger partial charge in [-0.05, 0) is 56.3 Å². The average molecular weight is 250 g/mol. The maximum atomic E-state index is 2.42. The lowest BCUT2D eigenvalue weighted by Crippen LogP contribution is -2.16. The smallest absolute Gasteiger partial charge is 0.0196 e. The highest BCUT2D eigenvalue weighted by atomic mass is 14.3. The van der Waals surface area contributed by atoms with Gasteiger partial charge in [0, 0.05) is 0 Å². The molecule has 0 aliphatic heterocycles. The van der Waals surface area contributed by atoms with Crippen molar-refractivity contribution in [3.8, 4) is 0 Å². The van der Waals surface area contributed by atoms with Crippen molar-refractivity contribution in [2.45, 2.75) is 86.0 Å². The van der Waals surface area contributed by atoms with E-state index in [1.165, 1.54) is 51.4 Å². The Hall–Kier alpha value is -0.260. The predicted molar refractivity (Wildman–Crippen MR) is 82.8 cm³/mol. The van der Waals surface area contributed by atoms with Crippen molar-refractivity contribution in [1.82, 2.24) is 0 Å². The molecule has 1 aliphatic carbocycles. The zero-order valence-electron chi connectivity index (χ0n) is 13.4. The minimum absolute atomic E-state index is 0.758. The van der Waals surface area contributed by atoms with Crippen molar-refractivity contribution in [2.24, 2.45) is 17.8 Å². The summed E-state index contributed by atoms with van der Waals surface area (Å²) in [5, 5.41) is 0. The second-order valence-electron chi connectivity index (χ2n) is 6.89. The molecule has 1 atom stereocenters. The third-order valence-electron chi connectivity index (χ3n) is 4.32. The summed E-state index contributed by atoms with van der Waals surface area (Å²) in [7, 11) is 0. The molecule has 0 amide bonds. The Morgan fingerprint density at radius 2 is 1.61 bits per heavy atom. The van der Waals surface area contributed by atoms with Crippen LogP contribution >= 0.6 is 0 Å². The lowest BCUT2D eigenvalue weighted by atomic mass is 9.76. The SMILES string of the molecule is CCCC(CC(C)C)C(=C1CCCCC1)C(C)C. The first-order chi connectivity index (χ1) is 8.56. The van der Waals surface area contributed by atoms with E-state index in [9.17, 15) is 0 Å². The van der Waals surface area contributed by atoms with Crippen LogP contribution in [-0.2, 0) is 0 Å². The van der Waals surface area contributed by atoms with Gasteiger partial charge in [-0.1, -0.05) is 58.6 Å². The maximum Gasteiger partial charge on any atom is -0.0196 e. The van der Waals surface area contributed by atoms with E-state index in [1.54, 1.807) is 0 Å². The molecule has 1 saturated carbocycles. The standard InChI is InChI=1S/C18H34/c1-6-10-17(13-14(2)3)18(15(4)5)16-11-8-7-9-12-16/h14-15,17H,6-13H2,1-5H3. The number of hydrogen-bond donors (Lipinski definition) is 0. The largest absolute Gasteiger partial charge is 0.0705 e. The molecule has 1 unspecified atom stereocenters. The van der Waals surface area contributed by atoms with Gasteiger partial charge in [-0.15, -0.1) is 0 Å². The highest BCUT2D eigenvalue weighted by Gasteiger charge is 2.22. The fraction of sp³-hybridized carbons (Fsp3) is 0.889. The molecule has 0 saturated heterocycles. The van der Waals surface area contributed by atoms with Gasteiger partial charge in [-0.3, -0.25) is 0 Å². The van der Waals surface area contributed by atoms with Gasteiger partial charge in [0.2, 0.25) is 0 Å². The van der Waals surface area contributed by atoms with Gasteiger partial charge in [0.25, 0.3) is 0 Å². The van der Waals surface area contributed by atoms with E-state index in [4.69, 9.17) is 0 Å². The van der Waals surface area contributed by atoms with E-state index in [1.807, 2.05) is 11.1 Å². The summed E-state index contributed by atoms with van der Waals surface area (Å²) in [6.45, 7) is 11.9. The Bertz CT molecular complexity index is 249. The van der Waals surface area contributed by atoms with Crippen LogP contribution in [0.25, 0.3) is 0 Å². The van der Waals surface area contributed by atoms with Crippen LogP contribution in [0.5, 0.6) is 0 Å². The Kier molecular flexibility index (Phi) is 7.04. The Morgan fingerprint density at radius 3 is 2.06 bits per heavy atom. The van der Waals surface area contributed by atoms with Gasteiger partial charge >= 0.3 is 0 Å². The first-order valence-electron chi connectivity index (χ1n) is 8.28. The second kappa shape index (κ2) is 8.02. The van der Waals surface area contributed by atoms with Gasteiger partial charge in [0.1, 0.15) is 0 Å². The maximum absolute atomic E-state index is 2.42. The molecular formula is C18H34. The van der Waals surface area contributed by atoms with Gasteiger partial charge in [0.15, 0.2) is 0 Å². The van der Waals surface area contributed by atoms with Crippen LogP contribution in [0.2, 0.25) is 0 Å². The number of hydrogen-bond acceptors (Lipinski definition) is 0. The average Bonchev–Trinajstić information content (AvgIpc) is 2.29. The molecule has 0 heteroatoms. The quantitative estimate of drug-likeness (QED) is 0.481. The summed E-state index contributed by atoms with van der Waals surface area (Å²) in [4.78, 5) is 0.